The van der Waals surface area contributed by atoms with Crippen molar-refractivity contribution in [3.8, 4) is 11.8 Å². The van der Waals surface area contributed by atoms with Crippen molar-refractivity contribution >= 4 is 23.6 Å². The van der Waals surface area contributed by atoms with Gasteiger partial charge in [-0.3, -0.25) is 4.79 Å². The number of carbonyl (C=O) groups excluding carboxylic acids is 2. The maximum Gasteiger partial charge on any atom is 0.338 e. The number of carbonyl (C=O) groups is 2. The maximum atomic E-state index is 14.2. The third-order valence-corrected chi connectivity index (χ3v) is 5.01. The second-order valence-corrected chi connectivity index (χ2v) is 7.25. The number of nitrogens with zero attached hydrogens (tertiary/aromatic N) is 1. The average molecular weight is 458 g/mol. The minimum Gasteiger partial charge on any atom is -0.497 e. The van der Waals surface area contributed by atoms with Crippen LogP contribution in [0.15, 0.2) is 72.3 Å². The van der Waals surface area contributed by atoms with Crippen molar-refractivity contribution in [3.05, 3.63) is 100 Å². The molecule has 0 fully saturated rings. The highest BCUT2D eigenvalue weighted by atomic mass is 19.1. The van der Waals surface area contributed by atoms with E-state index >= 15 is 0 Å². The average Bonchev–Trinajstić information content (AvgIpc) is 2.85. The normalized spacial score (nSPS) is 10.8. The topological polar surface area (TPSA) is 88.4 Å². The van der Waals surface area contributed by atoms with Gasteiger partial charge in [0.25, 0.3) is 5.91 Å². The lowest BCUT2D eigenvalue weighted by molar-refractivity contribution is -0.112. The molecule has 0 unspecified atom stereocenters. The monoisotopic (exact) mass is 458 g/mol. The van der Waals surface area contributed by atoms with E-state index in [2.05, 4.69) is 5.32 Å². The van der Waals surface area contributed by atoms with Gasteiger partial charge < -0.3 is 14.8 Å². The van der Waals surface area contributed by atoms with E-state index in [1.807, 2.05) is 6.07 Å². The summed E-state index contributed by atoms with van der Waals surface area (Å²) in [4.78, 5) is 24.5. The summed E-state index contributed by atoms with van der Waals surface area (Å²) in [5, 5.41) is 12.3. The van der Waals surface area contributed by atoms with E-state index in [1.165, 1.54) is 31.4 Å². The quantitative estimate of drug-likeness (QED) is 0.287. The number of nitrogens with one attached hydrogen (secondary N) is 1. The molecule has 0 saturated carbocycles. The number of halogens is 1. The zero-order chi connectivity index (χ0) is 24.5. The van der Waals surface area contributed by atoms with Crippen LogP contribution in [-0.4, -0.2) is 25.6 Å². The third kappa shape index (κ3) is 6.08. The number of anilines is 1. The van der Waals surface area contributed by atoms with Crippen molar-refractivity contribution in [2.75, 3.05) is 19.0 Å². The molecule has 3 rings (SSSR count). The molecule has 0 bridgehead atoms. The number of nitriles is 1. The van der Waals surface area contributed by atoms with Crippen LogP contribution in [0.2, 0.25) is 0 Å². The molecular formula is C27H23FN2O4. The van der Waals surface area contributed by atoms with E-state index in [1.54, 1.807) is 55.5 Å². The Morgan fingerprint density at radius 1 is 1.06 bits per heavy atom. The van der Waals surface area contributed by atoms with Crippen molar-refractivity contribution in [1.29, 1.82) is 5.26 Å². The highest BCUT2D eigenvalue weighted by molar-refractivity contribution is 6.09. The zero-order valence-electron chi connectivity index (χ0n) is 18.8. The molecule has 7 heteroatoms. The molecule has 0 saturated heterocycles. The summed E-state index contributed by atoms with van der Waals surface area (Å²) >= 11 is 0. The smallest absolute Gasteiger partial charge is 0.338 e. The van der Waals surface area contributed by atoms with Gasteiger partial charge in [-0.25, -0.2) is 9.18 Å². The Balaban J connectivity index is 1.85. The summed E-state index contributed by atoms with van der Waals surface area (Å²) in [6.45, 7) is 1.98. The van der Waals surface area contributed by atoms with Crippen molar-refractivity contribution in [3.63, 3.8) is 0 Å². The van der Waals surface area contributed by atoms with E-state index < -0.39 is 11.9 Å². The Kier molecular flexibility index (Phi) is 8.14. The fourth-order valence-corrected chi connectivity index (χ4v) is 3.26. The molecular weight excluding hydrogens is 435 g/mol. The lowest BCUT2D eigenvalue weighted by Crippen LogP contribution is -2.14. The molecule has 3 aromatic rings. The van der Waals surface area contributed by atoms with Crippen LogP contribution in [0, 0.1) is 17.1 Å². The van der Waals surface area contributed by atoms with E-state index in [0.717, 1.165) is 0 Å². The Hall–Kier alpha value is -4.44. The first-order valence-corrected chi connectivity index (χ1v) is 10.6. The molecule has 0 aliphatic heterocycles. The molecule has 6 nitrogen and oxygen atoms in total. The van der Waals surface area contributed by atoms with E-state index in [-0.39, 0.29) is 24.4 Å². The second-order valence-electron chi connectivity index (χ2n) is 7.25. The predicted octanol–water partition coefficient (Wildman–Crippen LogP) is 5.15. The van der Waals surface area contributed by atoms with Gasteiger partial charge in [-0.2, -0.15) is 5.26 Å². The van der Waals surface area contributed by atoms with E-state index in [4.69, 9.17) is 9.47 Å². The standard InChI is InChI=1S/C27H23FN2O4/c1-3-34-27(32)18-8-11-23(12-9-18)30-26(31)22(17-29)14-19-10-13-24(33-2)16-21(19)15-20-6-4-5-7-25(20)28/h4-14,16H,3,15H2,1-2H3,(H,30,31)/b22-14+. The molecule has 3 aromatic carbocycles. The fraction of sp³-hybridized carbons (Fsp3) is 0.148. The van der Waals surface area contributed by atoms with Gasteiger partial charge in [0, 0.05) is 12.1 Å². The first-order valence-electron chi connectivity index (χ1n) is 10.6. The SMILES string of the molecule is CCOC(=O)c1ccc(NC(=O)/C(C#N)=C/c2ccc(OC)cc2Cc2ccccc2F)cc1. The van der Waals surface area contributed by atoms with Gasteiger partial charge in [-0.15, -0.1) is 0 Å². The minimum atomic E-state index is -0.612. The first kappa shape index (κ1) is 24.2. The Labute approximate surface area is 197 Å². The number of benzene rings is 3. The Morgan fingerprint density at radius 2 is 1.79 bits per heavy atom. The van der Waals surface area contributed by atoms with Gasteiger partial charge in [0.1, 0.15) is 23.2 Å². The Morgan fingerprint density at radius 3 is 2.44 bits per heavy atom. The van der Waals surface area contributed by atoms with E-state index in [9.17, 15) is 19.2 Å². The lowest BCUT2D eigenvalue weighted by Gasteiger charge is -2.11. The number of rotatable bonds is 8. The molecule has 0 spiro atoms. The molecule has 0 aliphatic rings. The third-order valence-electron chi connectivity index (χ3n) is 5.01. The van der Waals surface area contributed by atoms with Crippen LogP contribution in [0.25, 0.3) is 6.08 Å². The molecule has 0 heterocycles. The number of hydrogen-bond acceptors (Lipinski definition) is 5. The van der Waals surface area contributed by atoms with Crippen LogP contribution in [0.5, 0.6) is 5.75 Å². The van der Waals surface area contributed by atoms with Crippen LogP contribution in [0.3, 0.4) is 0 Å². The molecule has 1 amide bonds. The first-order chi connectivity index (χ1) is 16.4. The number of esters is 1. The molecule has 0 radical (unpaired) electrons. The van der Waals surface area contributed by atoms with E-state index in [0.29, 0.717) is 33.7 Å². The van der Waals surface area contributed by atoms with Gasteiger partial charge in [-0.05, 0) is 72.2 Å². The molecule has 0 aromatic heterocycles. The number of ether oxygens (including phenoxy) is 2. The molecule has 172 valence electrons. The van der Waals surface area contributed by atoms with Gasteiger partial charge >= 0.3 is 5.97 Å². The fourth-order valence-electron chi connectivity index (χ4n) is 3.26. The summed E-state index contributed by atoms with van der Waals surface area (Å²) in [6, 6.07) is 19.7. The van der Waals surface area contributed by atoms with Gasteiger partial charge in [0.05, 0.1) is 19.3 Å². The van der Waals surface area contributed by atoms with Crippen LogP contribution < -0.4 is 10.1 Å². The molecule has 1 N–H and O–H groups in total. The van der Waals surface area contributed by atoms with Crippen molar-refractivity contribution < 1.29 is 23.5 Å². The molecule has 34 heavy (non-hydrogen) atoms. The summed E-state index contributed by atoms with van der Waals surface area (Å²) in [5.74, 6) is -0.836. The number of hydrogen-bond donors (Lipinski definition) is 1. The Bertz CT molecular complexity index is 1260. The largest absolute Gasteiger partial charge is 0.497 e. The minimum absolute atomic E-state index is 0.130. The summed E-state index contributed by atoms with van der Waals surface area (Å²) in [5.41, 5.74) is 2.41. The van der Waals surface area contributed by atoms with Crippen molar-refractivity contribution in [2.24, 2.45) is 0 Å². The summed E-state index contributed by atoms with van der Waals surface area (Å²) in [6.07, 6.45) is 1.71. The summed E-state index contributed by atoms with van der Waals surface area (Å²) in [7, 11) is 1.53. The van der Waals surface area contributed by atoms with Crippen LogP contribution in [-0.2, 0) is 16.0 Å². The zero-order valence-corrected chi connectivity index (χ0v) is 18.8. The van der Waals surface area contributed by atoms with Crippen molar-refractivity contribution in [1.82, 2.24) is 0 Å². The van der Waals surface area contributed by atoms with Gasteiger partial charge in [-0.1, -0.05) is 24.3 Å². The molecule has 0 atom stereocenters. The van der Waals surface area contributed by atoms with Crippen LogP contribution in [0.4, 0.5) is 10.1 Å². The summed E-state index contributed by atoms with van der Waals surface area (Å²) < 4.78 is 24.4. The predicted molar refractivity (Wildman–Crippen MR) is 127 cm³/mol. The van der Waals surface area contributed by atoms with Crippen molar-refractivity contribution in [2.45, 2.75) is 13.3 Å². The van der Waals surface area contributed by atoms with Crippen LogP contribution >= 0.6 is 0 Å². The highest BCUT2D eigenvalue weighted by Crippen LogP contribution is 2.24. The molecule has 0 aliphatic carbocycles. The lowest BCUT2D eigenvalue weighted by atomic mass is 9.97. The van der Waals surface area contributed by atoms with Crippen LogP contribution in [0.1, 0.15) is 34.0 Å². The maximum absolute atomic E-state index is 14.2. The number of amides is 1. The highest BCUT2D eigenvalue weighted by Gasteiger charge is 2.14. The van der Waals surface area contributed by atoms with Gasteiger partial charge in [0.15, 0.2) is 0 Å². The second kappa shape index (κ2) is 11.4. The van der Waals surface area contributed by atoms with Gasteiger partial charge in [0.2, 0.25) is 0 Å². The number of methoxy groups -OCH3 is 1.